The molecule has 4 rings (SSSR count). The lowest BCUT2D eigenvalue weighted by Crippen LogP contribution is -2.41. The van der Waals surface area contributed by atoms with Crippen LogP contribution in [0.15, 0.2) is 23.0 Å². The largest absolute Gasteiger partial charge is 0.501 e. The van der Waals surface area contributed by atoms with Crippen molar-refractivity contribution in [2.75, 3.05) is 7.11 Å². The molecule has 0 aromatic heterocycles. The molecule has 4 aliphatic carbocycles. The van der Waals surface area contributed by atoms with Gasteiger partial charge in [0.1, 0.15) is 0 Å². The molecule has 0 heterocycles. The Balaban J connectivity index is 1.61. The highest BCUT2D eigenvalue weighted by Crippen LogP contribution is 2.60. The van der Waals surface area contributed by atoms with Gasteiger partial charge in [-0.3, -0.25) is 0 Å². The van der Waals surface area contributed by atoms with Crippen molar-refractivity contribution < 1.29 is 4.74 Å². The lowest BCUT2D eigenvalue weighted by Gasteiger charge is -2.50. The van der Waals surface area contributed by atoms with Crippen molar-refractivity contribution in [1.29, 1.82) is 0 Å². The zero-order valence-corrected chi connectivity index (χ0v) is 13.1. The number of rotatable bonds is 1. The molecule has 0 saturated heterocycles. The van der Waals surface area contributed by atoms with Gasteiger partial charge in [0.15, 0.2) is 0 Å². The van der Waals surface area contributed by atoms with Crippen LogP contribution in [0.3, 0.4) is 0 Å². The molecule has 0 spiro atoms. The maximum Gasteiger partial charge on any atom is 0.0959 e. The van der Waals surface area contributed by atoms with Gasteiger partial charge in [-0.05, 0) is 74.2 Å². The van der Waals surface area contributed by atoms with Crippen molar-refractivity contribution in [3.8, 4) is 0 Å². The van der Waals surface area contributed by atoms with Gasteiger partial charge in [-0.2, -0.15) is 0 Å². The van der Waals surface area contributed by atoms with E-state index in [-0.39, 0.29) is 0 Å². The zero-order chi connectivity index (χ0) is 13.7. The summed E-state index contributed by atoms with van der Waals surface area (Å²) in [7, 11) is 1.83. The minimum absolute atomic E-state index is 0.696. The Labute approximate surface area is 123 Å². The van der Waals surface area contributed by atoms with Crippen molar-refractivity contribution >= 4 is 0 Å². The summed E-state index contributed by atoms with van der Waals surface area (Å²) >= 11 is 0. The molecule has 4 aliphatic rings. The van der Waals surface area contributed by atoms with Crippen LogP contribution in [0.1, 0.15) is 64.7 Å². The smallest absolute Gasteiger partial charge is 0.0959 e. The van der Waals surface area contributed by atoms with Crippen LogP contribution in [-0.2, 0) is 4.74 Å². The van der Waals surface area contributed by atoms with E-state index in [1.54, 1.807) is 5.57 Å². The van der Waals surface area contributed by atoms with Crippen LogP contribution in [0, 0.1) is 23.2 Å². The molecule has 1 heteroatoms. The molecule has 2 saturated carbocycles. The Hall–Kier alpha value is -0.720. The van der Waals surface area contributed by atoms with E-state index in [1.807, 2.05) is 12.7 Å². The molecule has 0 aromatic carbocycles. The van der Waals surface area contributed by atoms with E-state index in [1.165, 1.54) is 57.1 Å². The van der Waals surface area contributed by atoms with Gasteiger partial charge >= 0.3 is 0 Å². The Morgan fingerprint density at radius 3 is 2.95 bits per heavy atom. The molecule has 0 amide bonds. The van der Waals surface area contributed by atoms with Gasteiger partial charge in [-0.15, -0.1) is 0 Å². The van der Waals surface area contributed by atoms with Crippen molar-refractivity contribution in [3.63, 3.8) is 0 Å². The molecule has 0 aromatic rings. The summed E-state index contributed by atoms with van der Waals surface area (Å²) in [4.78, 5) is 0. The Kier molecular flexibility index (Phi) is 3.01. The van der Waals surface area contributed by atoms with Gasteiger partial charge in [0.25, 0.3) is 0 Å². The Bertz CT molecular complexity index is 472. The molecular formula is C19H28O. The average molecular weight is 272 g/mol. The van der Waals surface area contributed by atoms with Crippen LogP contribution < -0.4 is 0 Å². The number of methoxy groups -OCH3 is 1. The number of fused-ring (bicyclic) bond motifs is 4. The van der Waals surface area contributed by atoms with E-state index in [4.69, 9.17) is 4.74 Å². The average Bonchev–Trinajstić information content (AvgIpc) is 2.88. The normalized spacial score (nSPS) is 43.5. The fourth-order valence-corrected chi connectivity index (χ4v) is 6.04. The van der Waals surface area contributed by atoms with Gasteiger partial charge in [-0.25, -0.2) is 0 Å². The third-order valence-corrected chi connectivity index (χ3v) is 7.10. The van der Waals surface area contributed by atoms with Crippen LogP contribution in [0.2, 0.25) is 0 Å². The second-order valence-electron chi connectivity index (χ2n) is 7.88. The molecule has 20 heavy (non-hydrogen) atoms. The van der Waals surface area contributed by atoms with Gasteiger partial charge in [0.05, 0.1) is 12.9 Å². The molecule has 110 valence electrons. The molecule has 2 fully saturated rings. The fraction of sp³-hybridized carbons (Fsp3) is 0.789. The Morgan fingerprint density at radius 1 is 1.20 bits per heavy atom. The summed E-state index contributed by atoms with van der Waals surface area (Å²) in [6.45, 7) is 2.59. The predicted octanol–water partition coefficient (Wildman–Crippen LogP) is 5.23. The molecule has 1 nitrogen and oxygen atoms in total. The second kappa shape index (κ2) is 4.64. The first-order chi connectivity index (χ1) is 9.71. The maximum absolute atomic E-state index is 5.49. The maximum atomic E-state index is 5.49. The van der Waals surface area contributed by atoms with Crippen molar-refractivity contribution in [2.45, 2.75) is 64.7 Å². The summed E-state index contributed by atoms with van der Waals surface area (Å²) in [5, 5.41) is 0. The SMILES string of the molecule is COC1=CCC2=C(CCC3C2CCC2(C)CCCC32)C1. The van der Waals surface area contributed by atoms with Gasteiger partial charge in [0.2, 0.25) is 0 Å². The van der Waals surface area contributed by atoms with Crippen LogP contribution in [-0.4, -0.2) is 7.11 Å². The number of ether oxygens (including phenoxy) is 1. The van der Waals surface area contributed by atoms with Crippen molar-refractivity contribution in [1.82, 2.24) is 0 Å². The number of hydrogen-bond donors (Lipinski definition) is 0. The second-order valence-corrected chi connectivity index (χ2v) is 7.88. The van der Waals surface area contributed by atoms with E-state index in [2.05, 4.69) is 13.0 Å². The van der Waals surface area contributed by atoms with Crippen LogP contribution in [0.4, 0.5) is 0 Å². The van der Waals surface area contributed by atoms with E-state index < -0.39 is 0 Å². The molecular weight excluding hydrogens is 244 g/mol. The topological polar surface area (TPSA) is 9.23 Å². The van der Waals surface area contributed by atoms with Gasteiger partial charge in [-0.1, -0.05) is 24.5 Å². The zero-order valence-electron chi connectivity index (χ0n) is 13.1. The highest BCUT2D eigenvalue weighted by Gasteiger charge is 2.50. The van der Waals surface area contributed by atoms with E-state index in [0.717, 1.165) is 24.2 Å². The standard InChI is InChI=1S/C19H28O/c1-19-10-3-4-18(19)17-7-5-13-12-14(20-2)6-8-15(13)16(17)9-11-19/h6,16-18H,3-5,7-12H2,1-2H3. The number of allylic oxidation sites excluding steroid dienone is 3. The third-order valence-electron chi connectivity index (χ3n) is 7.10. The summed E-state index contributed by atoms with van der Waals surface area (Å²) in [5.74, 6) is 4.17. The van der Waals surface area contributed by atoms with E-state index in [9.17, 15) is 0 Å². The monoisotopic (exact) mass is 272 g/mol. The highest BCUT2D eigenvalue weighted by molar-refractivity contribution is 5.32. The molecule has 0 radical (unpaired) electrons. The van der Waals surface area contributed by atoms with E-state index >= 15 is 0 Å². The molecule has 0 aliphatic heterocycles. The first-order valence-electron chi connectivity index (χ1n) is 8.65. The third kappa shape index (κ3) is 1.81. The lowest BCUT2D eigenvalue weighted by molar-refractivity contribution is 0.0422. The highest BCUT2D eigenvalue weighted by atomic mass is 16.5. The van der Waals surface area contributed by atoms with Gasteiger partial charge < -0.3 is 4.74 Å². The van der Waals surface area contributed by atoms with Crippen LogP contribution >= 0.6 is 0 Å². The summed E-state index contributed by atoms with van der Waals surface area (Å²) in [6.07, 6.45) is 14.9. The van der Waals surface area contributed by atoms with Crippen LogP contribution in [0.5, 0.6) is 0 Å². The quantitative estimate of drug-likeness (QED) is 0.594. The Morgan fingerprint density at radius 2 is 2.10 bits per heavy atom. The summed E-state index contributed by atoms with van der Waals surface area (Å²) in [5.41, 5.74) is 4.27. The predicted molar refractivity (Wildman–Crippen MR) is 82.2 cm³/mol. The minimum atomic E-state index is 0.696. The molecule has 0 N–H and O–H groups in total. The summed E-state index contributed by atoms with van der Waals surface area (Å²) < 4.78 is 5.49. The van der Waals surface area contributed by atoms with Gasteiger partial charge in [0, 0.05) is 6.42 Å². The summed E-state index contributed by atoms with van der Waals surface area (Å²) in [6, 6.07) is 0. The fourth-order valence-electron chi connectivity index (χ4n) is 6.04. The lowest BCUT2D eigenvalue weighted by atomic mass is 9.55. The first kappa shape index (κ1) is 13.0. The first-order valence-corrected chi connectivity index (χ1v) is 8.65. The van der Waals surface area contributed by atoms with Crippen molar-refractivity contribution in [2.24, 2.45) is 23.2 Å². The molecule has 4 unspecified atom stereocenters. The minimum Gasteiger partial charge on any atom is -0.501 e. The van der Waals surface area contributed by atoms with E-state index in [0.29, 0.717) is 5.41 Å². The molecule has 0 bridgehead atoms. The van der Waals surface area contributed by atoms with Crippen LogP contribution in [0.25, 0.3) is 0 Å². The molecule has 4 atom stereocenters. The number of hydrogen-bond acceptors (Lipinski definition) is 1. The van der Waals surface area contributed by atoms with Crippen molar-refractivity contribution in [3.05, 3.63) is 23.0 Å².